The van der Waals surface area contributed by atoms with E-state index in [2.05, 4.69) is 0 Å². The van der Waals surface area contributed by atoms with Crippen LogP contribution in [0.4, 0.5) is 0 Å². The molecule has 0 bridgehead atoms. The normalized spacial score (nSPS) is 24.1. The third kappa shape index (κ3) is 6.22. The van der Waals surface area contributed by atoms with Gasteiger partial charge in [0, 0.05) is 33.1 Å². The zero-order chi connectivity index (χ0) is 24.8. The van der Waals surface area contributed by atoms with Crippen molar-refractivity contribution in [3.8, 4) is 5.75 Å². The summed E-state index contributed by atoms with van der Waals surface area (Å²) in [4.78, 5) is 47.1. The largest absolute Gasteiger partial charge is 0.463 e. The van der Waals surface area contributed by atoms with Crippen molar-refractivity contribution in [3.63, 3.8) is 0 Å². The van der Waals surface area contributed by atoms with E-state index >= 15 is 0 Å². The fraction of sp³-hybridized carbons (Fsp3) is 0.417. The molecule has 0 radical (unpaired) electrons. The van der Waals surface area contributed by atoms with Crippen molar-refractivity contribution in [1.29, 1.82) is 0 Å². The number of carbonyl (C=O) groups is 4. The van der Waals surface area contributed by atoms with Gasteiger partial charge in [0.15, 0.2) is 12.2 Å². The van der Waals surface area contributed by atoms with E-state index in [0.717, 1.165) is 24.6 Å². The van der Waals surface area contributed by atoms with Gasteiger partial charge in [0.05, 0.1) is 0 Å². The Morgan fingerprint density at radius 1 is 0.735 bits per heavy atom. The Morgan fingerprint density at radius 2 is 1.32 bits per heavy atom. The second-order valence-corrected chi connectivity index (χ2v) is 7.66. The molecule has 0 aromatic heterocycles. The molecule has 182 valence electrons. The van der Waals surface area contributed by atoms with Crippen molar-refractivity contribution >= 4 is 34.6 Å². The van der Waals surface area contributed by atoms with Crippen molar-refractivity contribution in [1.82, 2.24) is 0 Å². The van der Waals surface area contributed by atoms with E-state index in [9.17, 15) is 19.2 Å². The van der Waals surface area contributed by atoms with Crippen LogP contribution in [-0.4, -0.2) is 61.2 Å². The van der Waals surface area contributed by atoms with Crippen LogP contribution in [0.1, 0.15) is 27.7 Å². The van der Waals surface area contributed by atoms with Gasteiger partial charge in [-0.1, -0.05) is 36.4 Å². The minimum absolute atomic E-state index is 0.326. The van der Waals surface area contributed by atoms with Crippen LogP contribution in [0.15, 0.2) is 42.5 Å². The van der Waals surface area contributed by atoms with Crippen molar-refractivity contribution in [2.24, 2.45) is 0 Å². The van der Waals surface area contributed by atoms with Crippen LogP contribution >= 0.6 is 0 Å². The van der Waals surface area contributed by atoms with E-state index in [-0.39, 0.29) is 6.61 Å². The molecule has 1 aliphatic heterocycles. The first-order chi connectivity index (χ1) is 16.2. The number of esters is 4. The summed E-state index contributed by atoms with van der Waals surface area (Å²) >= 11 is 0. The van der Waals surface area contributed by atoms with Gasteiger partial charge >= 0.3 is 23.9 Å². The van der Waals surface area contributed by atoms with Gasteiger partial charge in [0.25, 0.3) is 0 Å². The highest BCUT2D eigenvalue weighted by Crippen LogP contribution is 2.33. The summed E-state index contributed by atoms with van der Waals surface area (Å²) in [6, 6.07) is 12.8. The summed E-state index contributed by atoms with van der Waals surface area (Å²) in [6.45, 7) is 4.37. The highest BCUT2D eigenvalue weighted by atomic mass is 16.7. The van der Waals surface area contributed by atoms with Crippen molar-refractivity contribution < 1.29 is 47.6 Å². The number of rotatable bonds is 7. The molecule has 2 aromatic carbocycles. The van der Waals surface area contributed by atoms with Gasteiger partial charge in [0.1, 0.15) is 18.5 Å². The Morgan fingerprint density at radius 3 is 1.97 bits per heavy atom. The van der Waals surface area contributed by atoms with E-state index in [1.807, 2.05) is 30.3 Å². The molecule has 10 heteroatoms. The summed E-state index contributed by atoms with van der Waals surface area (Å²) in [5.74, 6) is -2.29. The maximum Gasteiger partial charge on any atom is 0.303 e. The van der Waals surface area contributed by atoms with Gasteiger partial charge in [-0.05, 0) is 11.5 Å². The summed E-state index contributed by atoms with van der Waals surface area (Å²) in [6.07, 6.45) is -6.19. The van der Waals surface area contributed by atoms with Gasteiger partial charge in [-0.3, -0.25) is 19.2 Å². The van der Waals surface area contributed by atoms with Gasteiger partial charge in [0.2, 0.25) is 12.4 Å². The first-order valence-corrected chi connectivity index (χ1v) is 10.6. The average molecular weight is 474 g/mol. The Labute approximate surface area is 196 Å². The fourth-order valence-corrected chi connectivity index (χ4v) is 3.71. The fourth-order valence-electron chi connectivity index (χ4n) is 3.71. The van der Waals surface area contributed by atoms with Crippen molar-refractivity contribution in [2.45, 2.75) is 58.4 Å². The zero-order valence-electron chi connectivity index (χ0n) is 19.2. The quantitative estimate of drug-likeness (QED) is 0.436. The molecule has 2 aromatic rings. The number of fused-ring (bicyclic) bond motifs is 1. The Hall–Kier alpha value is -3.66. The molecule has 5 atom stereocenters. The molecule has 34 heavy (non-hydrogen) atoms. The molecular formula is C24H26O10. The molecule has 0 aliphatic carbocycles. The molecule has 0 N–H and O–H groups in total. The van der Waals surface area contributed by atoms with E-state index in [1.54, 1.807) is 12.1 Å². The van der Waals surface area contributed by atoms with E-state index in [4.69, 9.17) is 28.4 Å². The summed E-state index contributed by atoms with van der Waals surface area (Å²) in [7, 11) is 0. The maximum atomic E-state index is 11.9. The maximum absolute atomic E-state index is 11.9. The zero-order valence-corrected chi connectivity index (χ0v) is 19.2. The van der Waals surface area contributed by atoms with E-state index < -0.39 is 54.6 Å². The van der Waals surface area contributed by atoms with Gasteiger partial charge in [-0.15, -0.1) is 0 Å². The number of carbonyl (C=O) groups excluding carboxylic acids is 4. The number of benzene rings is 2. The van der Waals surface area contributed by atoms with Gasteiger partial charge < -0.3 is 28.4 Å². The average Bonchev–Trinajstić information content (AvgIpc) is 2.75. The predicted molar refractivity (Wildman–Crippen MR) is 117 cm³/mol. The molecule has 1 heterocycles. The Kier molecular flexibility index (Phi) is 8.06. The molecule has 10 nitrogen and oxygen atoms in total. The van der Waals surface area contributed by atoms with Crippen LogP contribution in [0, 0.1) is 0 Å². The summed E-state index contributed by atoms with van der Waals surface area (Å²) < 4.78 is 33.4. The second kappa shape index (κ2) is 11.0. The van der Waals surface area contributed by atoms with E-state index in [0.29, 0.717) is 5.75 Å². The first kappa shape index (κ1) is 25.0. The van der Waals surface area contributed by atoms with E-state index in [1.165, 1.54) is 13.8 Å². The van der Waals surface area contributed by atoms with Crippen LogP contribution in [-0.2, 0) is 42.9 Å². The van der Waals surface area contributed by atoms with Crippen LogP contribution in [0.5, 0.6) is 5.75 Å². The molecule has 1 aliphatic rings. The molecule has 1 saturated heterocycles. The molecule has 3 rings (SSSR count). The topological polar surface area (TPSA) is 124 Å². The van der Waals surface area contributed by atoms with Crippen LogP contribution in [0.2, 0.25) is 0 Å². The predicted octanol–water partition coefficient (Wildman–Crippen LogP) is 2.30. The van der Waals surface area contributed by atoms with Crippen LogP contribution in [0.25, 0.3) is 10.8 Å². The minimum atomic E-state index is -1.29. The number of hydrogen-bond acceptors (Lipinski definition) is 10. The lowest BCUT2D eigenvalue weighted by molar-refractivity contribution is -0.288. The van der Waals surface area contributed by atoms with Crippen molar-refractivity contribution in [3.05, 3.63) is 42.5 Å². The molecule has 0 saturated carbocycles. The Bertz CT molecular complexity index is 1060. The first-order valence-electron chi connectivity index (χ1n) is 10.6. The van der Waals surface area contributed by atoms with Gasteiger partial charge in [-0.25, -0.2) is 0 Å². The lowest BCUT2D eigenvalue weighted by Gasteiger charge is -2.44. The van der Waals surface area contributed by atoms with Gasteiger partial charge in [-0.2, -0.15) is 0 Å². The van der Waals surface area contributed by atoms with Crippen LogP contribution in [0.3, 0.4) is 0 Å². The highest BCUT2D eigenvalue weighted by Gasteiger charge is 2.53. The lowest BCUT2D eigenvalue weighted by Crippen LogP contribution is -2.63. The smallest absolute Gasteiger partial charge is 0.303 e. The molecular weight excluding hydrogens is 448 g/mol. The highest BCUT2D eigenvalue weighted by molar-refractivity contribution is 5.88. The number of hydrogen-bond donors (Lipinski definition) is 0. The second-order valence-electron chi connectivity index (χ2n) is 7.66. The van der Waals surface area contributed by atoms with Crippen LogP contribution < -0.4 is 4.74 Å². The molecule has 0 spiro atoms. The third-order valence-electron chi connectivity index (χ3n) is 4.94. The summed E-state index contributed by atoms with van der Waals surface area (Å²) in [5, 5.41) is 1.66. The molecule has 0 unspecified atom stereocenters. The lowest BCUT2D eigenvalue weighted by atomic mass is 9.98. The van der Waals surface area contributed by atoms with Crippen molar-refractivity contribution in [2.75, 3.05) is 6.61 Å². The third-order valence-corrected chi connectivity index (χ3v) is 4.94. The minimum Gasteiger partial charge on any atom is -0.463 e. The monoisotopic (exact) mass is 474 g/mol. The molecule has 0 amide bonds. The molecule has 1 fully saturated rings. The Balaban J connectivity index is 2.03. The SMILES string of the molecule is CC(=O)OC[C@@H]1O[C@@H](Oc2cccc3ccccc23)[C@@H](OC(C)=O)[C@@H](OC(C)=O)[C@@H]1OC(C)=O. The number of ether oxygens (including phenoxy) is 6. The standard InChI is InChI=1S/C24H26O10/c1-13(25)29-12-20-21(30-14(2)26)22(31-15(3)27)23(32-16(4)28)24(34-20)33-19-11-7-9-17-8-5-6-10-18(17)19/h5-11,20-24H,12H2,1-4H3/t20-,21+,22-,23-,24+/m0/s1. The summed E-state index contributed by atoms with van der Waals surface area (Å²) in [5.41, 5.74) is 0.